The maximum Gasteiger partial charge on any atom is 0.320 e. The van der Waals surface area contributed by atoms with Gasteiger partial charge in [-0.15, -0.1) is 11.8 Å². The van der Waals surface area contributed by atoms with Crippen LogP contribution in [0.3, 0.4) is 0 Å². The van der Waals surface area contributed by atoms with E-state index in [1.54, 1.807) is 47.3 Å². The van der Waals surface area contributed by atoms with E-state index >= 15 is 4.79 Å². The van der Waals surface area contributed by atoms with Crippen molar-refractivity contribution < 1.29 is 62.5 Å². The highest BCUT2D eigenvalue weighted by atomic mass is 32.2. The van der Waals surface area contributed by atoms with Gasteiger partial charge in [0.1, 0.15) is 34.9 Å². The van der Waals surface area contributed by atoms with E-state index in [0.717, 1.165) is 11.2 Å². The molecule has 0 bridgehead atoms. The van der Waals surface area contributed by atoms with Gasteiger partial charge in [0.15, 0.2) is 23.8 Å². The summed E-state index contributed by atoms with van der Waals surface area (Å²) in [6.45, 7) is 18.8. The molecule has 0 amide bonds. The van der Waals surface area contributed by atoms with Crippen molar-refractivity contribution in [2.45, 2.75) is 185 Å². The minimum absolute atomic E-state index is 0.119. The summed E-state index contributed by atoms with van der Waals surface area (Å²) < 4.78 is 53.6. The van der Waals surface area contributed by atoms with Crippen LogP contribution >= 0.6 is 11.8 Å². The van der Waals surface area contributed by atoms with Crippen molar-refractivity contribution in [2.75, 3.05) is 34.1 Å². The number of aromatic nitrogens is 3. The lowest BCUT2D eigenvalue weighted by Gasteiger charge is -2.50. The summed E-state index contributed by atoms with van der Waals surface area (Å²) >= 11 is 1.41. The monoisotopic (exact) mass is 949 g/mol. The van der Waals surface area contributed by atoms with E-state index in [9.17, 15) is 19.8 Å². The summed E-state index contributed by atoms with van der Waals surface area (Å²) in [6.07, 6.45) is -3.41. The van der Waals surface area contributed by atoms with E-state index in [0.29, 0.717) is 18.7 Å². The normalized spacial score (nSPS) is 43.1. The van der Waals surface area contributed by atoms with Crippen molar-refractivity contribution in [2.24, 2.45) is 29.6 Å². The first kappa shape index (κ1) is 52.6. The highest BCUT2D eigenvalue weighted by molar-refractivity contribution is 8.00. The number of carbonyl (C=O) groups is 3. The lowest BCUT2D eigenvalue weighted by Crippen LogP contribution is -2.61. The number of aryl methyl sites for hydroxylation is 1. The van der Waals surface area contributed by atoms with Gasteiger partial charge in [0.2, 0.25) is 0 Å². The fraction of sp³-hybridized carbons (Fsp3) is 0.812. The average molecular weight is 949 g/mol. The van der Waals surface area contributed by atoms with Gasteiger partial charge >= 0.3 is 11.9 Å². The maximum atomic E-state index is 15.1. The SMILES string of the molecule is CC[C@H]1OC(=O)[C@H](C)[C@@H](O[C@H]2C[C@@](C)(OC)[C@@H](O)[C@@H](C)O2)[C@H](C)[C@@H](O[C@@H]2O[C@H](C)C[C@H](N(C)C)[C@H]2O)[C@](C)(OC)C[C@@H](C)C(=O)C(C)C2C(SCCn3cnc4cccnc43)C(=O)O[C@@]21C. The van der Waals surface area contributed by atoms with Crippen LogP contribution in [0.15, 0.2) is 24.7 Å². The third-order valence-corrected chi connectivity index (χ3v) is 16.5. The van der Waals surface area contributed by atoms with E-state index in [4.69, 9.17) is 37.9 Å². The quantitative estimate of drug-likeness (QED) is 0.275. The summed E-state index contributed by atoms with van der Waals surface area (Å²) in [5.74, 6) is -4.52. The van der Waals surface area contributed by atoms with Crippen molar-refractivity contribution in [3.63, 3.8) is 0 Å². The second-order valence-electron chi connectivity index (χ2n) is 20.2. The number of cyclic esters (lactones) is 1. The van der Waals surface area contributed by atoms with E-state index < -0.39 is 113 Å². The van der Waals surface area contributed by atoms with Gasteiger partial charge in [-0.05, 0) is 87.0 Å². The fourth-order valence-corrected chi connectivity index (χ4v) is 12.7. The molecule has 2 aromatic rings. The number of aliphatic hydroxyl groups excluding tert-OH is 2. The van der Waals surface area contributed by atoms with Crippen LogP contribution in [0.2, 0.25) is 0 Å². The van der Waals surface area contributed by atoms with Crippen LogP contribution in [0, 0.1) is 29.6 Å². The Kier molecular flexibility index (Phi) is 16.8. The molecule has 0 spiro atoms. The van der Waals surface area contributed by atoms with E-state index in [2.05, 4.69) is 9.97 Å². The Morgan fingerprint density at radius 3 is 2.27 bits per heavy atom. The van der Waals surface area contributed by atoms with Crippen LogP contribution < -0.4 is 0 Å². The Morgan fingerprint density at radius 1 is 0.924 bits per heavy atom. The van der Waals surface area contributed by atoms with Crippen molar-refractivity contribution in [1.82, 2.24) is 19.4 Å². The molecule has 0 aromatic carbocycles. The predicted molar refractivity (Wildman–Crippen MR) is 246 cm³/mol. The highest BCUT2D eigenvalue weighted by Crippen LogP contribution is 2.49. The second kappa shape index (κ2) is 21.1. The molecule has 66 heavy (non-hydrogen) atoms. The maximum absolute atomic E-state index is 15.1. The highest BCUT2D eigenvalue weighted by Gasteiger charge is 2.62. The molecule has 0 radical (unpaired) electrons. The zero-order valence-corrected chi connectivity index (χ0v) is 42.2. The number of methoxy groups -OCH3 is 2. The van der Waals surface area contributed by atoms with Crippen LogP contribution in [0.25, 0.3) is 11.2 Å². The second-order valence-corrected chi connectivity index (χ2v) is 21.4. The lowest BCUT2D eigenvalue weighted by molar-refractivity contribution is -0.319. The van der Waals surface area contributed by atoms with Crippen LogP contribution in [-0.2, 0) is 58.8 Å². The van der Waals surface area contributed by atoms with Gasteiger partial charge in [-0.25, -0.2) is 9.97 Å². The van der Waals surface area contributed by atoms with Crippen LogP contribution in [0.5, 0.6) is 0 Å². The number of ether oxygens (including phenoxy) is 8. The fourth-order valence-electron chi connectivity index (χ4n) is 11.2. The van der Waals surface area contributed by atoms with Crippen molar-refractivity contribution in [3.05, 3.63) is 24.7 Å². The number of hydrogen-bond donors (Lipinski definition) is 2. The number of nitrogens with zero attached hydrogens (tertiary/aromatic N) is 4. The van der Waals surface area contributed by atoms with Crippen LogP contribution in [0.4, 0.5) is 0 Å². The molecular weight excluding hydrogens is 873 g/mol. The number of aliphatic hydroxyl groups is 2. The average Bonchev–Trinajstić information content (AvgIpc) is 3.81. The molecule has 17 nitrogen and oxygen atoms in total. The number of likely N-dealkylation sites (N-methyl/N-ethyl adjacent to an activating group) is 1. The molecule has 18 heteroatoms. The number of rotatable bonds is 12. The summed E-state index contributed by atoms with van der Waals surface area (Å²) in [4.78, 5) is 55.1. The smallest absolute Gasteiger partial charge is 0.320 e. The van der Waals surface area contributed by atoms with E-state index in [1.807, 2.05) is 77.2 Å². The minimum Gasteiger partial charge on any atom is -0.458 e. The van der Waals surface area contributed by atoms with Crippen molar-refractivity contribution in [3.8, 4) is 0 Å². The summed E-state index contributed by atoms with van der Waals surface area (Å²) in [7, 11) is 6.87. The largest absolute Gasteiger partial charge is 0.458 e. The molecule has 6 rings (SSSR count). The molecule has 3 unspecified atom stereocenters. The number of ketones is 1. The summed E-state index contributed by atoms with van der Waals surface area (Å²) in [5, 5.41) is 22.2. The summed E-state index contributed by atoms with van der Waals surface area (Å²) in [5.41, 5.74) is -2.20. The molecule has 2 aromatic heterocycles. The number of carbonyl (C=O) groups excluding carboxylic acids is 3. The first-order valence-corrected chi connectivity index (χ1v) is 24.7. The van der Waals surface area contributed by atoms with Gasteiger partial charge in [0, 0.05) is 68.8 Å². The van der Waals surface area contributed by atoms with Crippen LogP contribution in [0.1, 0.15) is 94.9 Å². The van der Waals surface area contributed by atoms with Crippen LogP contribution in [-0.4, -0.2) is 165 Å². The summed E-state index contributed by atoms with van der Waals surface area (Å²) in [6, 6.07) is 3.42. The molecule has 4 aliphatic rings. The Bertz CT molecular complexity index is 1990. The van der Waals surface area contributed by atoms with Gasteiger partial charge in [0.05, 0.1) is 47.9 Å². The van der Waals surface area contributed by atoms with Crippen molar-refractivity contribution >= 4 is 40.6 Å². The lowest BCUT2D eigenvalue weighted by atomic mass is 9.70. The number of pyridine rings is 1. The molecular formula is C48H76N4O13S. The third-order valence-electron chi connectivity index (χ3n) is 15.3. The Labute approximate surface area is 394 Å². The van der Waals surface area contributed by atoms with E-state index in [1.165, 1.54) is 18.9 Å². The van der Waals surface area contributed by atoms with Gasteiger partial charge in [0.25, 0.3) is 0 Å². The number of hydrogen-bond acceptors (Lipinski definition) is 17. The predicted octanol–water partition coefficient (Wildman–Crippen LogP) is 4.81. The molecule has 6 heterocycles. The van der Waals surface area contributed by atoms with Gasteiger partial charge in [-0.3, -0.25) is 14.4 Å². The van der Waals surface area contributed by atoms with Crippen molar-refractivity contribution in [1.29, 1.82) is 0 Å². The zero-order valence-electron chi connectivity index (χ0n) is 41.4. The molecule has 0 aliphatic carbocycles. The first-order chi connectivity index (χ1) is 31.0. The standard InChI is InChI=1S/C48H76N4O13S/c1-15-33-48(10)35(39(44(57)65-48)66-20-19-52-24-50-31-17-16-18-49-42(31)52)27(4)36(53)25(2)22-47(9,59-14)41(64-45-37(54)32(51(11)12)21-26(3)60-45)28(5)38(29(6)43(56)62-33)63-34-23-46(8,58-13)40(55)30(7)61-34/h16-18,24-30,32-35,37-41,45,54-55H,15,19-23H2,1-14H3/t25-,26-,27?,28+,29-,30-,32+,33-,34+,35?,37-,38+,39?,40+,41-,45+,46-,47-,48-/m1/s1. The first-order valence-electron chi connectivity index (χ1n) is 23.6. The molecule has 0 saturated carbocycles. The number of imidazole rings is 1. The molecule has 4 aliphatic heterocycles. The molecule has 372 valence electrons. The number of Topliss-reactive ketones (excluding diaryl/α,β-unsaturated/α-hetero) is 1. The number of esters is 2. The Morgan fingerprint density at radius 2 is 1.62 bits per heavy atom. The minimum atomic E-state index is -1.38. The molecule has 19 atom stereocenters. The number of fused-ring (bicyclic) bond motifs is 2. The molecule has 2 N–H and O–H groups in total. The molecule has 4 fully saturated rings. The number of thioether (sulfide) groups is 1. The Balaban J connectivity index is 1.42. The van der Waals surface area contributed by atoms with E-state index in [-0.39, 0.29) is 37.2 Å². The third kappa shape index (κ3) is 10.4. The Hall–Kier alpha value is -2.78. The zero-order chi connectivity index (χ0) is 48.6. The van der Waals surface area contributed by atoms with Gasteiger partial charge in [-0.2, -0.15) is 0 Å². The topological polar surface area (TPSA) is 199 Å². The molecule has 4 saturated heterocycles. The van der Waals surface area contributed by atoms with Gasteiger partial charge in [-0.1, -0.05) is 27.7 Å². The van der Waals surface area contributed by atoms with Gasteiger partial charge < -0.3 is 57.6 Å².